The van der Waals surface area contributed by atoms with Crippen molar-refractivity contribution in [1.29, 1.82) is 0 Å². The predicted molar refractivity (Wildman–Crippen MR) is 97.5 cm³/mol. The van der Waals surface area contributed by atoms with Crippen molar-refractivity contribution in [3.8, 4) is 5.75 Å². The molecular formula is C20H30N2O3. The number of carbonyl (C=O) groups is 1. The van der Waals surface area contributed by atoms with Crippen LogP contribution in [0.1, 0.15) is 25.7 Å². The first kappa shape index (κ1) is 18.2. The standard InChI is InChI=1S/C20H30N2O3/c23-16-18-12-17(13-21-9-4-5-10-21)14-22(15-18)20(24)8-11-25-19-6-2-1-3-7-19/h1-3,6-7,17-18,23H,4-5,8-16H2/t17-,18+/m1/s1. The van der Waals surface area contributed by atoms with Gasteiger partial charge < -0.3 is 19.6 Å². The number of nitrogens with zero attached hydrogens (tertiary/aromatic N) is 2. The van der Waals surface area contributed by atoms with E-state index in [0.29, 0.717) is 25.5 Å². The van der Waals surface area contributed by atoms with Crippen LogP contribution in [0, 0.1) is 11.8 Å². The van der Waals surface area contributed by atoms with Gasteiger partial charge in [0.2, 0.25) is 5.91 Å². The second-order valence-corrected chi connectivity index (χ2v) is 7.37. The Morgan fingerprint density at radius 3 is 2.56 bits per heavy atom. The monoisotopic (exact) mass is 346 g/mol. The van der Waals surface area contributed by atoms with Crippen LogP contribution in [0.3, 0.4) is 0 Å². The number of aliphatic hydroxyl groups is 1. The molecule has 138 valence electrons. The van der Waals surface area contributed by atoms with Crippen molar-refractivity contribution in [3.63, 3.8) is 0 Å². The molecule has 3 rings (SSSR count). The second kappa shape index (κ2) is 9.20. The molecule has 1 aromatic carbocycles. The smallest absolute Gasteiger partial charge is 0.226 e. The summed E-state index contributed by atoms with van der Waals surface area (Å²) in [5, 5.41) is 9.62. The summed E-state index contributed by atoms with van der Waals surface area (Å²) in [4.78, 5) is 17.0. The van der Waals surface area contributed by atoms with E-state index in [-0.39, 0.29) is 18.4 Å². The fourth-order valence-corrected chi connectivity index (χ4v) is 4.05. The summed E-state index contributed by atoms with van der Waals surface area (Å²) in [6.45, 7) is 5.48. The van der Waals surface area contributed by atoms with Crippen LogP contribution in [-0.4, -0.2) is 66.8 Å². The number of hydrogen-bond acceptors (Lipinski definition) is 4. The van der Waals surface area contributed by atoms with Gasteiger partial charge in [-0.05, 0) is 56.3 Å². The van der Waals surface area contributed by atoms with Gasteiger partial charge in [0.1, 0.15) is 5.75 Å². The van der Waals surface area contributed by atoms with Crippen LogP contribution < -0.4 is 4.74 Å². The van der Waals surface area contributed by atoms with Gasteiger partial charge in [0.15, 0.2) is 0 Å². The number of carbonyl (C=O) groups excluding carboxylic acids is 1. The molecule has 2 saturated heterocycles. The Hall–Kier alpha value is -1.59. The zero-order valence-electron chi connectivity index (χ0n) is 15.0. The largest absolute Gasteiger partial charge is 0.493 e. The first-order chi connectivity index (χ1) is 12.2. The average molecular weight is 346 g/mol. The lowest BCUT2D eigenvalue weighted by Crippen LogP contribution is -2.48. The molecule has 2 atom stereocenters. The summed E-state index contributed by atoms with van der Waals surface area (Å²) < 4.78 is 5.65. The van der Waals surface area contributed by atoms with Crippen LogP contribution in [0.4, 0.5) is 0 Å². The summed E-state index contributed by atoms with van der Waals surface area (Å²) in [7, 11) is 0. The van der Waals surface area contributed by atoms with Crippen molar-refractivity contribution in [1.82, 2.24) is 9.80 Å². The molecule has 0 spiro atoms. The molecule has 0 aliphatic carbocycles. The fraction of sp³-hybridized carbons (Fsp3) is 0.650. The minimum absolute atomic E-state index is 0.139. The SMILES string of the molecule is O=C(CCOc1ccccc1)N1C[C@@H](CN2CCCC2)C[C@H](CO)C1. The molecule has 0 unspecified atom stereocenters. The normalized spacial score (nSPS) is 24.4. The van der Waals surface area contributed by atoms with Gasteiger partial charge in [-0.25, -0.2) is 0 Å². The lowest BCUT2D eigenvalue weighted by Gasteiger charge is -2.38. The van der Waals surface area contributed by atoms with Gasteiger partial charge in [-0.1, -0.05) is 18.2 Å². The summed E-state index contributed by atoms with van der Waals surface area (Å²) in [6, 6.07) is 9.60. The Kier molecular flexibility index (Phi) is 6.70. The molecule has 0 saturated carbocycles. The second-order valence-electron chi connectivity index (χ2n) is 7.37. The van der Waals surface area contributed by atoms with Crippen LogP contribution in [0.15, 0.2) is 30.3 Å². The molecule has 1 aromatic rings. The van der Waals surface area contributed by atoms with Gasteiger partial charge in [-0.15, -0.1) is 0 Å². The molecular weight excluding hydrogens is 316 g/mol. The van der Waals surface area contributed by atoms with E-state index in [4.69, 9.17) is 4.74 Å². The maximum absolute atomic E-state index is 12.6. The zero-order chi connectivity index (χ0) is 17.5. The summed E-state index contributed by atoms with van der Waals surface area (Å²) in [5.41, 5.74) is 0. The van der Waals surface area contributed by atoms with Gasteiger partial charge >= 0.3 is 0 Å². The topological polar surface area (TPSA) is 53.0 Å². The summed E-state index contributed by atoms with van der Waals surface area (Å²) in [5.74, 6) is 1.62. The van der Waals surface area contributed by atoms with E-state index in [1.54, 1.807) is 0 Å². The Balaban J connectivity index is 1.47. The van der Waals surface area contributed by atoms with Crippen molar-refractivity contribution < 1.29 is 14.6 Å². The van der Waals surface area contributed by atoms with E-state index in [1.165, 1.54) is 25.9 Å². The van der Waals surface area contributed by atoms with Crippen molar-refractivity contribution in [2.24, 2.45) is 11.8 Å². The van der Waals surface area contributed by atoms with E-state index in [9.17, 15) is 9.90 Å². The number of likely N-dealkylation sites (tertiary alicyclic amines) is 2. The third-order valence-electron chi connectivity index (χ3n) is 5.28. The number of aliphatic hydroxyl groups excluding tert-OH is 1. The maximum atomic E-state index is 12.6. The van der Waals surface area contributed by atoms with Gasteiger partial charge in [0, 0.05) is 26.2 Å². The van der Waals surface area contributed by atoms with Crippen molar-refractivity contribution in [2.45, 2.75) is 25.7 Å². The number of amides is 1. The quantitative estimate of drug-likeness (QED) is 0.821. The number of rotatable bonds is 7. The van der Waals surface area contributed by atoms with E-state index < -0.39 is 0 Å². The number of benzene rings is 1. The predicted octanol–water partition coefficient (Wildman–Crippen LogP) is 2.01. The van der Waals surface area contributed by atoms with Gasteiger partial charge in [-0.2, -0.15) is 0 Å². The Morgan fingerprint density at radius 2 is 1.84 bits per heavy atom. The molecule has 1 amide bonds. The Bertz CT molecular complexity index is 531. The minimum atomic E-state index is 0.139. The first-order valence-electron chi connectivity index (χ1n) is 9.53. The molecule has 2 heterocycles. The number of para-hydroxylation sites is 1. The molecule has 0 radical (unpaired) electrons. The fourth-order valence-electron chi connectivity index (χ4n) is 4.05. The lowest BCUT2D eigenvalue weighted by molar-refractivity contribution is -0.135. The molecule has 1 N–H and O–H groups in total. The van der Waals surface area contributed by atoms with Crippen LogP contribution in [0.5, 0.6) is 5.75 Å². The minimum Gasteiger partial charge on any atom is -0.493 e. The maximum Gasteiger partial charge on any atom is 0.226 e. The highest BCUT2D eigenvalue weighted by Crippen LogP contribution is 2.24. The highest BCUT2D eigenvalue weighted by atomic mass is 16.5. The summed E-state index contributed by atoms with van der Waals surface area (Å²) in [6.07, 6.45) is 3.99. The van der Waals surface area contributed by atoms with Gasteiger partial charge in [0.25, 0.3) is 0 Å². The average Bonchev–Trinajstić information content (AvgIpc) is 3.15. The van der Waals surface area contributed by atoms with E-state index in [1.807, 2.05) is 35.2 Å². The zero-order valence-corrected chi connectivity index (χ0v) is 15.0. The Morgan fingerprint density at radius 1 is 1.12 bits per heavy atom. The molecule has 5 nitrogen and oxygen atoms in total. The lowest BCUT2D eigenvalue weighted by atomic mass is 9.89. The van der Waals surface area contributed by atoms with Crippen molar-refractivity contribution >= 4 is 5.91 Å². The molecule has 5 heteroatoms. The van der Waals surface area contributed by atoms with Crippen LogP contribution in [0.25, 0.3) is 0 Å². The van der Waals surface area contributed by atoms with Gasteiger partial charge in [0.05, 0.1) is 13.0 Å². The highest BCUT2D eigenvalue weighted by molar-refractivity contribution is 5.76. The van der Waals surface area contributed by atoms with Crippen molar-refractivity contribution in [3.05, 3.63) is 30.3 Å². The van der Waals surface area contributed by atoms with Crippen LogP contribution in [0.2, 0.25) is 0 Å². The summed E-state index contributed by atoms with van der Waals surface area (Å²) >= 11 is 0. The highest BCUT2D eigenvalue weighted by Gasteiger charge is 2.31. The van der Waals surface area contributed by atoms with Crippen LogP contribution >= 0.6 is 0 Å². The number of piperidine rings is 1. The first-order valence-corrected chi connectivity index (χ1v) is 9.53. The van der Waals surface area contributed by atoms with E-state index in [2.05, 4.69) is 4.90 Å². The van der Waals surface area contributed by atoms with Gasteiger partial charge in [-0.3, -0.25) is 4.79 Å². The molecule has 0 aromatic heterocycles. The molecule has 2 fully saturated rings. The third-order valence-corrected chi connectivity index (χ3v) is 5.28. The number of hydrogen-bond donors (Lipinski definition) is 1. The number of ether oxygens (including phenoxy) is 1. The Labute approximate surface area is 150 Å². The molecule has 25 heavy (non-hydrogen) atoms. The molecule has 0 bridgehead atoms. The van der Waals surface area contributed by atoms with Crippen molar-refractivity contribution in [2.75, 3.05) is 45.9 Å². The van der Waals surface area contributed by atoms with E-state index >= 15 is 0 Å². The molecule has 2 aliphatic rings. The molecule has 2 aliphatic heterocycles. The van der Waals surface area contributed by atoms with Crippen LogP contribution in [-0.2, 0) is 4.79 Å². The third kappa shape index (κ3) is 5.44. The van der Waals surface area contributed by atoms with E-state index in [0.717, 1.165) is 25.3 Å².